The second-order valence-corrected chi connectivity index (χ2v) is 18.7. The smallest absolute Gasteiger partial charge is 0.250 e. The molecule has 1 aliphatic heterocycles. The first-order chi connectivity index (χ1) is 23.2. The average molecular weight is 659 g/mol. The first kappa shape index (κ1) is 33.4. The monoisotopic (exact) mass is 658 g/mol. The van der Waals surface area contributed by atoms with E-state index in [-0.39, 0.29) is 17.2 Å². The van der Waals surface area contributed by atoms with Crippen molar-refractivity contribution in [1.82, 2.24) is 0 Å². The Morgan fingerprint density at radius 3 is 1.54 bits per heavy atom. The second-order valence-electron chi connectivity index (χ2n) is 13.9. The molecule has 48 heavy (non-hydrogen) atoms. The van der Waals surface area contributed by atoms with Gasteiger partial charge in [0.25, 0.3) is 0 Å². The molecule has 5 nitrogen and oxygen atoms in total. The van der Waals surface area contributed by atoms with Gasteiger partial charge in [0.1, 0.15) is 31.7 Å². The van der Waals surface area contributed by atoms with E-state index >= 15 is 0 Å². The van der Waals surface area contributed by atoms with Gasteiger partial charge in [-0.2, -0.15) is 0 Å². The largest absolute Gasteiger partial charge is 0.543 e. The Balaban J connectivity index is 1.29. The van der Waals surface area contributed by atoms with Crippen molar-refractivity contribution in [3.05, 3.63) is 155 Å². The molecule has 5 aromatic carbocycles. The van der Waals surface area contributed by atoms with Crippen LogP contribution in [0.5, 0.6) is 23.0 Å². The maximum atomic E-state index is 6.76. The molecule has 0 bridgehead atoms. The Morgan fingerprint density at radius 1 is 0.583 bits per heavy atom. The van der Waals surface area contributed by atoms with Gasteiger partial charge in [-0.05, 0) is 64.1 Å². The number of ether oxygens (including phenoxy) is 4. The third-order valence-corrected chi connectivity index (χ3v) is 13.6. The van der Waals surface area contributed by atoms with Crippen molar-refractivity contribution >= 4 is 8.32 Å². The summed E-state index contributed by atoms with van der Waals surface area (Å²) in [6, 6.07) is 43.0. The summed E-state index contributed by atoms with van der Waals surface area (Å²) < 4.78 is 32.6. The van der Waals surface area contributed by atoms with Gasteiger partial charge in [-0.3, -0.25) is 0 Å². The fraction of sp³-hybridized carbons (Fsp3) is 0.286. The third kappa shape index (κ3) is 8.49. The van der Waals surface area contributed by atoms with Gasteiger partial charge in [0, 0.05) is 6.42 Å². The summed E-state index contributed by atoms with van der Waals surface area (Å²) >= 11 is 0. The van der Waals surface area contributed by atoms with Crippen LogP contribution in [0.2, 0.25) is 18.1 Å². The van der Waals surface area contributed by atoms with Crippen molar-refractivity contribution in [2.75, 3.05) is 0 Å². The molecule has 0 spiro atoms. The number of para-hydroxylation sites is 1. The van der Waals surface area contributed by atoms with Gasteiger partial charge >= 0.3 is 0 Å². The van der Waals surface area contributed by atoms with Crippen LogP contribution < -0.4 is 18.6 Å². The van der Waals surface area contributed by atoms with Crippen molar-refractivity contribution in [2.24, 2.45) is 0 Å². The molecule has 6 heteroatoms. The van der Waals surface area contributed by atoms with Crippen LogP contribution >= 0.6 is 0 Å². The van der Waals surface area contributed by atoms with Gasteiger partial charge in [0.2, 0.25) is 14.1 Å². The topological polar surface area (TPSA) is 49.5 Å². The number of benzene rings is 5. The molecule has 0 aromatic heterocycles. The number of hydrogen-bond donors (Lipinski definition) is 0. The predicted octanol–water partition coefficient (Wildman–Crippen LogP) is 10.5. The third-order valence-electron chi connectivity index (χ3n) is 9.22. The lowest BCUT2D eigenvalue weighted by Crippen LogP contribution is -2.44. The summed E-state index contributed by atoms with van der Waals surface area (Å²) in [5.74, 6) is 2.80. The molecule has 2 atom stereocenters. The van der Waals surface area contributed by atoms with E-state index < -0.39 is 8.32 Å². The van der Waals surface area contributed by atoms with Gasteiger partial charge in [0.15, 0.2) is 11.5 Å². The molecule has 0 amide bonds. The van der Waals surface area contributed by atoms with E-state index in [1.807, 2.05) is 54.6 Å². The summed E-state index contributed by atoms with van der Waals surface area (Å²) in [5.41, 5.74) is 5.37. The molecule has 0 aliphatic carbocycles. The second kappa shape index (κ2) is 14.7. The molecule has 0 N–H and O–H groups in total. The van der Waals surface area contributed by atoms with Crippen molar-refractivity contribution in [3.8, 4) is 23.0 Å². The molecule has 6 rings (SSSR count). The first-order valence-electron chi connectivity index (χ1n) is 16.8. The van der Waals surface area contributed by atoms with Gasteiger partial charge in [0.05, 0.1) is 6.10 Å². The highest BCUT2D eigenvalue weighted by atomic mass is 28.4. The molecule has 1 fully saturated rings. The van der Waals surface area contributed by atoms with Crippen LogP contribution in [0.15, 0.2) is 127 Å². The minimum atomic E-state index is -2.00. The lowest BCUT2D eigenvalue weighted by molar-refractivity contribution is 0.229. The Bertz CT molecular complexity index is 1700. The molecular formula is C42H46O5Si. The van der Waals surface area contributed by atoms with Crippen LogP contribution in [0.3, 0.4) is 0 Å². The Labute approximate surface area is 286 Å². The van der Waals surface area contributed by atoms with Crippen LogP contribution in [-0.4, -0.2) is 14.4 Å². The molecule has 1 heterocycles. The summed E-state index contributed by atoms with van der Waals surface area (Å²) in [4.78, 5) is 0. The van der Waals surface area contributed by atoms with Crippen molar-refractivity contribution in [3.63, 3.8) is 0 Å². The zero-order valence-electron chi connectivity index (χ0n) is 28.6. The SMILES string of the molecule is CC(C)(C)[Si](C)(C)Oc1ccccc1C[C@H]1O[C@@H]1c1cc(OCc2ccccc2)c(OCc2ccccc2)c(OCc2ccccc2)c1. The van der Waals surface area contributed by atoms with Gasteiger partial charge in [-0.15, -0.1) is 0 Å². The maximum absolute atomic E-state index is 6.76. The van der Waals surface area contributed by atoms with E-state index in [4.69, 9.17) is 23.4 Å². The highest BCUT2D eigenvalue weighted by molar-refractivity contribution is 6.74. The molecule has 0 unspecified atom stereocenters. The highest BCUT2D eigenvalue weighted by Crippen LogP contribution is 2.49. The summed E-state index contributed by atoms with van der Waals surface area (Å²) in [6.45, 7) is 12.6. The lowest BCUT2D eigenvalue weighted by atomic mass is 10.0. The first-order valence-corrected chi connectivity index (χ1v) is 19.7. The quantitative estimate of drug-likeness (QED) is 0.0878. The Kier molecular flexibility index (Phi) is 10.2. The van der Waals surface area contributed by atoms with Crippen LogP contribution in [0.4, 0.5) is 0 Å². The summed E-state index contributed by atoms with van der Waals surface area (Å²) in [5, 5.41) is 0.107. The molecular weight excluding hydrogens is 613 g/mol. The number of rotatable bonds is 14. The van der Waals surface area contributed by atoms with E-state index in [2.05, 4.69) is 107 Å². The number of epoxide rings is 1. The van der Waals surface area contributed by atoms with E-state index in [1.54, 1.807) is 0 Å². The Hall–Kier alpha value is -4.52. The van der Waals surface area contributed by atoms with Gasteiger partial charge in [-0.25, -0.2) is 0 Å². The van der Waals surface area contributed by atoms with Crippen LogP contribution in [0.25, 0.3) is 0 Å². The van der Waals surface area contributed by atoms with E-state index in [9.17, 15) is 0 Å². The fourth-order valence-electron chi connectivity index (χ4n) is 5.33. The zero-order valence-corrected chi connectivity index (χ0v) is 29.6. The fourth-order valence-corrected chi connectivity index (χ4v) is 6.38. The minimum absolute atomic E-state index is 0.00852. The maximum Gasteiger partial charge on any atom is 0.250 e. The average Bonchev–Trinajstić information content (AvgIpc) is 3.86. The van der Waals surface area contributed by atoms with Crippen molar-refractivity contribution < 1.29 is 23.4 Å². The summed E-state index contributed by atoms with van der Waals surface area (Å²) in [7, 11) is -2.00. The minimum Gasteiger partial charge on any atom is -0.543 e. The zero-order chi connectivity index (χ0) is 33.6. The van der Waals surface area contributed by atoms with E-state index in [0.29, 0.717) is 37.1 Å². The predicted molar refractivity (Wildman–Crippen MR) is 194 cm³/mol. The molecule has 0 radical (unpaired) electrons. The van der Waals surface area contributed by atoms with Crippen LogP contribution in [-0.2, 0) is 31.0 Å². The van der Waals surface area contributed by atoms with E-state index in [0.717, 1.165) is 34.4 Å². The van der Waals surface area contributed by atoms with Crippen LogP contribution in [0.1, 0.15) is 54.7 Å². The normalized spacial score (nSPS) is 15.9. The molecule has 5 aromatic rings. The standard InChI is InChI=1S/C42H46O5Si/c1-42(2,3)48(4,5)47-36-24-16-15-23-34(36)25-39-40(46-39)35-26-37(43-28-31-17-9-6-10-18-31)41(45-30-33-21-13-8-14-22-33)38(27-35)44-29-32-19-11-7-12-20-32/h6-24,26-27,39-40H,25,28-30H2,1-5H3/t39-,40-/m1/s1. The van der Waals surface area contributed by atoms with E-state index in [1.165, 1.54) is 5.56 Å². The Morgan fingerprint density at radius 2 is 1.04 bits per heavy atom. The summed E-state index contributed by atoms with van der Waals surface area (Å²) in [6.07, 6.45) is 0.656. The number of hydrogen-bond acceptors (Lipinski definition) is 5. The van der Waals surface area contributed by atoms with Crippen molar-refractivity contribution in [2.45, 2.75) is 77.4 Å². The molecule has 248 valence electrons. The molecule has 1 saturated heterocycles. The van der Waals surface area contributed by atoms with Gasteiger partial charge in [-0.1, -0.05) is 130 Å². The lowest BCUT2D eigenvalue weighted by Gasteiger charge is -2.37. The van der Waals surface area contributed by atoms with Crippen LogP contribution in [0, 0.1) is 0 Å². The van der Waals surface area contributed by atoms with Crippen molar-refractivity contribution in [1.29, 1.82) is 0 Å². The molecule has 0 saturated carbocycles. The van der Waals surface area contributed by atoms with Gasteiger partial charge < -0.3 is 23.4 Å². The molecule has 1 aliphatic rings. The highest BCUT2D eigenvalue weighted by Gasteiger charge is 2.43.